The fraction of sp³-hybridized carbons (Fsp3) is 0.100. The number of carbonyl (C=O) groups is 4. The van der Waals surface area contributed by atoms with Gasteiger partial charge in [0.1, 0.15) is 12.3 Å². The first-order valence-corrected chi connectivity index (χ1v) is 9.33. The molecule has 0 bridgehead atoms. The van der Waals surface area contributed by atoms with Gasteiger partial charge in [-0.3, -0.25) is 24.1 Å². The number of methoxy groups -OCH3 is 1. The van der Waals surface area contributed by atoms with Crippen LogP contribution in [0.5, 0.6) is 5.75 Å². The van der Waals surface area contributed by atoms with Gasteiger partial charge in [-0.25, -0.2) is 0 Å². The van der Waals surface area contributed by atoms with E-state index in [0.29, 0.717) is 28.9 Å². The summed E-state index contributed by atoms with van der Waals surface area (Å²) in [7, 11) is 1.53. The molecule has 0 aromatic heterocycles. The first-order valence-electron chi connectivity index (χ1n) is 8.51. The molecule has 0 aliphatic carbocycles. The lowest BCUT2D eigenvalue weighted by Gasteiger charge is -2.12. The van der Waals surface area contributed by atoms with E-state index in [-0.39, 0.29) is 4.91 Å². The fourth-order valence-corrected chi connectivity index (χ4v) is 3.28. The van der Waals surface area contributed by atoms with Crippen LogP contribution < -0.4 is 15.4 Å². The van der Waals surface area contributed by atoms with Gasteiger partial charge in [0, 0.05) is 17.5 Å². The molecule has 9 heteroatoms. The lowest BCUT2D eigenvalue weighted by atomic mass is 10.3. The van der Waals surface area contributed by atoms with Crippen molar-refractivity contribution in [3.63, 3.8) is 0 Å². The molecule has 29 heavy (non-hydrogen) atoms. The molecular weight excluding hydrogens is 394 g/mol. The molecule has 2 aromatic carbocycles. The molecule has 4 amide bonds. The molecule has 0 radical (unpaired) electrons. The summed E-state index contributed by atoms with van der Waals surface area (Å²) in [4.78, 5) is 49.5. The molecule has 0 spiro atoms. The summed E-state index contributed by atoms with van der Waals surface area (Å²) in [5, 5.41) is 4.59. The van der Waals surface area contributed by atoms with Crippen molar-refractivity contribution in [1.82, 2.24) is 4.90 Å². The van der Waals surface area contributed by atoms with Gasteiger partial charge in [0.2, 0.25) is 11.8 Å². The third-order valence-electron chi connectivity index (χ3n) is 3.85. The van der Waals surface area contributed by atoms with Crippen LogP contribution in [-0.2, 0) is 14.4 Å². The van der Waals surface area contributed by atoms with Crippen LogP contribution in [0.15, 0.2) is 65.6 Å². The highest BCUT2D eigenvalue weighted by atomic mass is 32.2. The maximum atomic E-state index is 12.4. The second-order valence-electron chi connectivity index (χ2n) is 5.90. The number of rotatable bonds is 6. The highest BCUT2D eigenvalue weighted by Gasteiger charge is 2.36. The van der Waals surface area contributed by atoms with E-state index >= 15 is 0 Å². The van der Waals surface area contributed by atoms with E-state index in [4.69, 9.17) is 4.74 Å². The predicted octanol–water partition coefficient (Wildman–Crippen LogP) is 2.85. The molecule has 1 aliphatic heterocycles. The smallest absolute Gasteiger partial charge is 0.294 e. The monoisotopic (exact) mass is 411 g/mol. The minimum Gasteiger partial charge on any atom is -0.497 e. The summed E-state index contributed by atoms with van der Waals surface area (Å²) in [5.74, 6) is -1.12. The van der Waals surface area contributed by atoms with E-state index in [1.54, 1.807) is 54.6 Å². The number of nitrogens with zero attached hydrogens (tertiary/aromatic N) is 1. The number of anilines is 2. The highest BCUT2D eigenvalue weighted by Crippen LogP contribution is 2.30. The van der Waals surface area contributed by atoms with Crippen LogP contribution in [0.2, 0.25) is 0 Å². The lowest BCUT2D eigenvalue weighted by Crippen LogP contribution is -2.36. The maximum absolute atomic E-state index is 12.4. The molecule has 2 aromatic rings. The SMILES string of the molecule is COc1ccc(NC(=O)/C=C2\SC(=O)N(CC(=O)Nc3ccccc3)C2=O)cc1. The Balaban J connectivity index is 1.61. The van der Waals surface area contributed by atoms with E-state index in [9.17, 15) is 19.2 Å². The number of thioether (sulfide) groups is 1. The van der Waals surface area contributed by atoms with E-state index in [1.165, 1.54) is 7.11 Å². The Morgan fingerprint density at radius 3 is 2.31 bits per heavy atom. The second-order valence-corrected chi connectivity index (χ2v) is 6.89. The third kappa shape index (κ3) is 5.23. The minimum absolute atomic E-state index is 0.0477. The van der Waals surface area contributed by atoms with Crippen LogP contribution in [0.1, 0.15) is 0 Å². The van der Waals surface area contributed by atoms with Crippen LogP contribution in [0.25, 0.3) is 0 Å². The number of hydrogen-bond donors (Lipinski definition) is 2. The van der Waals surface area contributed by atoms with E-state index in [0.717, 1.165) is 11.0 Å². The molecule has 0 saturated carbocycles. The van der Waals surface area contributed by atoms with Crippen molar-refractivity contribution < 1.29 is 23.9 Å². The molecular formula is C20H17N3O5S. The van der Waals surface area contributed by atoms with Gasteiger partial charge in [0.05, 0.1) is 12.0 Å². The molecule has 2 N–H and O–H groups in total. The zero-order valence-electron chi connectivity index (χ0n) is 15.4. The lowest BCUT2D eigenvalue weighted by molar-refractivity contribution is -0.127. The Bertz CT molecular complexity index is 973. The summed E-state index contributed by atoms with van der Waals surface area (Å²) in [6.45, 7) is -0.434. The summed E-state index contributed by atoms with van der Waals surface area (Å²) in [5.41, 5.74) is 1.06. The zero-order chi connectivity index (χ0) is 20.8. The van der Waals surface area contributed by atoms with Crippen molar-refractivity contribution in [3.05, 3.63) is 65.6 Å². The van der Waals surface area contributed by atoms with E-state index in [1.807, 2.05) is 0 Å². The molecule has 1 saturated heterocycles. The number of imide groups is 1. The molecule has 0 atom stereocenters. The van der Waals surface area contributed by atoms with Crippen molar-refractivity contribution in [2.45, 2.75) is 0 Å². The topological polar surface area (TPSA) is 105 Å². The van der Waals surface area contributed by atoms with Crippen molar-refractivity contribution in [2.75, 3.05) is 24.3 Å². The van der Waals surface area contributed by atoms with Crippen molar-refractivity contribution in [2.24, 2.45) is 0 Å². The molecule has 1 heterocycles. The number of carbonyl (C=O) groups excluding carboxylic acids is 4. The second kappa shape index (κ2) is 9.07. The number of benzene rings is 2. The largest absolute Gasteiger partial charge is 0.497 e. The zero-order valence-corrected chi connectivity index (χ0v) is 16.2. The van der Waals surface area contributed by atoms with Gasteiger partial charge in [-0.1, -0.05) is 18.2 Å². The average Bonchev–Trinajstić information content (AvgIpc) is 2.96. The Morgan fingerprint density at radius 1 is 1.00 bits per heavy atom. The quantitative estimate of drug-likeness (QED) is 0.709. The number of para-hydroxylation sites is 1. The van der Waals surface area contributed by atoms with Crippen molar-refractivity contribution in [1.29, 1.82) is 0 Å². The molecule has 0 unspecified atom stereocenters. The van der Waals surface area contributed by atoms with Crippen molar-refractivity contribution >= 4 is 46.1 Å². The fourth-order valence-electron chi connectivity index (χ4n) is 2.47. The van der Waals surface area contributed by atoms with Gasteiger partial charge < -0.3 is 15.4 Å². The first-order chi connectivity index (χ1) is 14.0. The molecule has 3 rings (SSSR count). The number of ether oxygens (including phenoxy) is 1. The van der Waals surface area contributed by atoms with Crippen LogP contribution >= 0.6 is 11.8 Å². The van der Waals surface area contributed by atoms with Gasteiger partial charge >= 0.3 is 0 Å². The standard InChI is InChI=1S/C20H17N3O5S/c1-28-15-9-7-14(8-10-15)21-17(24)11-16-19(26)23(20(27)29-16)12-18(25)22-13-5-3-2-4-6-13/h2-11H,12H2,1H3,(H,21,24)(H,22,25)/b16-11-. The van der Waals surface area contributed by atoms with Crippen LogP contribution in [-0.4, -0.2) is 41.5 Å². The normalized spacial score (nSPS) is 14.8. The summed E-state index contributed by atoms with van der Waals surface area (Å²) in [6.07, 6.45) is 1.05. The van der Waals surface area contributed by atoms with Gasteiger partial charge in [0.15, 0.2) is 0 Å². The molecule has 1 aliphatic rings. The minimum atomic E-state index is -0.687. The van der Waals surface area contributed by atoms with Crippen molar-refractivity contribution in [3.8, 4) is 5.75 Å². The predicted molar refractivity (Wildman–Crippen MR) is 109 cm³/mol. The van der Waals surface area contributed by atoms with Crippen LogP contribution in [0.4, 0.5) is 16.2 Å². The third-order valence-corrected chi connectivity index (χ3v) is 4.76. The Morgan fingerprint density at radius 2 is 1.66 bits per heavy atom. The molecule has 8 nitrogen and oxygen atoms in total. The Hall–Kier alpha value is -3.59. The first kappa shape index (κ1) is 20.2. The summed E-state index contributed by atoms with van der Waals surface area (Å²) in [6, 6.07) is 15.3. The summed E-state index contributed by atoms with van der Waals surface area (Å²) >= 11 is 0.613. The maximum Gasteiger partial charge on any atom is 0.294 e. The van der Waals surface area contributed by atoms with Gasteiger partial charge in [-0.2, -0.15) is 0 Å². The highest BCUT2D eigenvalue weighted by molar-refractivity contribution is 8.18. The Kier molecular flexibility index (Phi) is 6.30. The molecule has 1 fully saturated rings. The summed E-state index contributed by atoms with van der Waals surface area (Å²) < 4.78 is 5.04. The Labute approximate surface area is 170 Å². The number of hydrogen-bond acceptors (Lipinski definition) is 6. The van der Waals surface area contributed by atoms with E-state index < -0.39 is 29.5 Å². The number of amides is 4. The van der Waals surface area contributed by atoms with E-state index in [2.05, 4.69) is 10.6 Å². The van der Waals surface area contributed by atoms with Gasteiger partial charge in [0.25, 0.3) is 11.1 Å². The van der Waals surface area contributed by atoms with Crippen LogP contribution in [0, 0.1) is 0 Å². The molecule has 148 valence electrons. The average molecular weight is 411 g/mol. The number of nitrogens with one attached hydrogen (secondary N) is 2. The van der Waals surface area contributed by atoms with Crippen LogP contribution in [0.3, 0.4) is 0 Å². The van der Waals surface area contributed by atoms with Gasteiger partial charge in [-0.05, 0) is 48.2 Å². The van der Waals surface area contributed by atoms with Gasteiger partial charge in [-0.15, -0.1) is 0 Å².